The van der Waals surface area contributed by atoms with Crippen molar-refractivity contribution in [2.24, 2.45) is 5.92 Å². The van der Waals surface area contributed by atoms with Crippen LogP contribution in [0.1, 0.15) is 51.0 Å². The van der Waals surface area contributed by atoms with Gasteiger partial charge in [-0.3, -0.25) is 9.59 Å². The van der Waals surface area contributed by atoms with E-state index >= 15 is 0 Å². The molecule has 0 aromatic heterocycles. The van der Waals surface area contributed by atoms with E-state index in [0.29, 0.717) is 11.9 Å². The number of halogens is 1. The van der Waals surface area contributed by atoms with Gasteiger partial charge in [0.25, 0.3) is 0 Å². The van der Waals surface area contributed by atoms with Crippen LogP contribution in [-0.2, 0) is 16.0 Å². The average Bonchev–Trinajstić information content (AvgIpc) is 3.10. The Hall–Kier alpha value is -1.75. The summed E-state index contributed by atoms with van der Waals surface area (Å²) in [6, 6.07) is 6.69. The predicted molar refractivity (Wildman–Crippen MR) is 116 cm³/mol. The van der Waals surface area contributed by atoms with Crippen molar-refractivity contribution >= 4 is 29.1 Å². The molecule has 0 N–H and O–H groups in total. The molecule has 0 spiro atoms. The van der Waals surface area contributed by atoms with E-state index in [1.807, 2.05) is 11.0 Å². The van der Waals surface area contributed by atoms with Crippen molar-refractivity contribution in [3.63, 3.8) is 0 Å². The Morgan fingerprint density at radius 1 is 1.03 bits per heavy atom. The molecule has 1 saturated carbocycles. The zero-order valence-electron chi connectivity index (χ0n) is 17.4. The van der Waals surface area contributed by atoms with Gasteiger partial charge in [-0.1, -0.05) is 36.9 Å². The van der Waals surface area contributed by atoms with Crippen molar-refractivity contribution in [2.45, 2.75) is 57.9 Å². The molecular formula is C23H32ClN3O2. The number of anilines is 1. The first-order valence-corrected chi connectivity index (χ1v) is 11.5. The SMILES string of the molecule is CC(=O)N1CCN(c2ccc(CC3CCN(C4CCCCC4)C3=O)c(Cl)c2)CC1. The monoisotopic (exact) mass is 417 g/mol. The third-order valence-electron chi connectivity index (χ3n) is 6.96. The van der Waals surface area contributed by atoms with E-state index in [1.165, 1.54) is 32.1 Å². The summed E-state index contributed by atoms with van der Waals surface area (Å²) in [6.45, 7) is 5.69. The van der Waals surface area contributed by atoms with Crippen molar-refractivity contribution in [3.8, 4) is 0 Å². The van der Waals surface area contributed by atoms with Crippen molar-refractivity contribution in [2.75, 3.05) is 37.6 Å². The molecule has 1 aromatic rings. The maximum atomic E-state index is 13.0. The van der Waals surface area contributed by atoms with Gasteiger partial charge >= 0.3 is 0 Å². The lowest BCUT2D eigenvalue weighted by Gasteiger charge is -2.35. The fourth-order valence-electron chi connectivity index (χ4n) is 5.15. The van der Waals surface area contributed by atoms with Crippen molar-refractivity contribution in [3.05, 3.63) is 28.8 Å². The van der Waals surface area contributed by atoms with E-state index in [4.69, 9.17) is 11.6 Å². The highest BCUT2D eigenvalue weighted by atomic mass is 35.5. The molecule has 1 aromatic carbocycles. The number of nitrogens with zero attached hydrogens (tertiary/aromatic N) is 3. The summed E-state index contributed by atoms with van der Waals surface area (Å²) in [4.78, 5) is 30.8. The van der Waals surface area contributed by atoms with Gasteiger partial charge in [-0.15, -0.1) is 0 Å². The number of rotatable bonds is 4. The van der Waals surface area contributed by atoms with Gasteiger partial charge in [-0.05, 0) is 43.4 Å². The summed E-state index contributed by atoms with van der Waals surface area (Å²) in [7, 11) is 0. The fourth-order valence-corrected chi connectivity index (χ4v) is 5.40. The lowest BCUT2D eigenvalue weighted by Crippen LogP contribution is -2.48. The van der Waals surface area contributed by atoms with E-state index < -0.39 is 0 Å². The number of piperazine rings is 1. The fraction of sp³-hybridized carbons (Fsp3) is 0.652. The van der Waals surface area contributed by atoms with Crippen molar-refractivity contribution in [1.29, 1.82) is 0 Å². The maximum absolute atomic E-state index is 13.0. The highest BCUT2D eigenvalue weighted by Gasteiger charge is 2.36. The minimum Gasteiger partial charge on any atom is -0.368 e. The molecule has 6 heteroatoms. The van der Waals surface area contributed by atoms with Crippen LogP contribution in [0.15, 0.2) is 18.2 Å². The largest absolute Gasteiger partial charge is 0.368 e. The van der Waals surface area contributed by atoms with Crippen molar-refractivity contribution in [1.82, 2.24) is 9.80 Å². The van der Waals surface area contributed by atoms with E-state index in [2.05, 4.69) is 21.9 Å². The van der Waals surface area contributed by atoms with E-state index in [1.54, 1.807) is 6.92 Å². The molecule has 29 heavy (non-hydrogen) atoms. The first-order chi connectivity index (χ1) is 14.0. The number of benzene rings is 1. The molecule has 0 bridgehead atoms. The van der Waals surface area contributed by atoms with Crippen LogP contribution in [0.2, 0.25) is 5.02 Å². The molecule has 5 nitrogen and oxygen atoms in total. The van der Waals surface area contributed by atoms with Crippen LogP contribution in [-0.4, -0.2) is 60.4 Å². The van der Waals surface area contributed by atoms with Gasteiger partial charge in [0.2, 0.25) is 11.8 Å². The summed E-state index contributed by atoms with van der Waals surface area (Å²) in [6.07, 6.45) is 7.85. The minimum atomic E-state index is 0.0689. The summed E-state index contributed by atoms with van der Waals surface area (Å²) in [5.41, 5.74) is 2.17. The molecular weight excluding hydrogens is 386 g/mol. The first-order valence-electron chi connectivity index (χ1n) is 11.1. The normalized spacial score (nSPS) is 23.7. The molecule has 1 atom stereocenters. The highest BCUT2D eigenvalue weighted by molar-refractivity contribution is 6.31. The number of hydrogen-bond donors (Lipinski definition) is 0. The first kappa shape index (κ1) is 20.5. The van der Waals surface area contributed by atoms with Crippen LogP contribution in [0.4, 0.5) is 5.69 Å². The van der Waals surface area contributed by atoms with Gasteiger partial charge in [-0.25, -0.2) is 0 Å². The van der Waals surface area contributed by atoms with Gasteiger partial charge < -0.3 is 14.7 Å². The maximum Gasteiger partial charge on any atom is 0.226 e. The molecule has 3 aliphatic rings. The summed E-state index contributed by atoms with van der Waals surface area (Å²) in [5.74, 6) is 0.540. The van der Waals surface area contributed by atoms with Gasteiger partial charge in [0.05, 0.1) is 0 Å². The Bertz CT molecular complexity index is 754. The molecule has 1 aliphatic carbocycles. The van der Waals surface area contributed by atoms with Crippen LogP contribution in [0, 0.1) is 5.92 Å². The smallest absolute Gasteiger partial charge is 0.226 e. The topological polar surface area (TPSA) is 43.9 Å². The lowest BCUT2D eigenvalue weighted by molar-refractivity contribution is -0.133. The second-order valence-corrected chi connectivity index (χ2v) is 9.19. The molecule has 1 unspecified atom stereocenters. The molecule has 158 valence electrons. The lowest BCUT2D eigenvalue weighted by atomic mass is 9.94. The number of likely N-dealkylation sites (tertiary alicyclic amines) is 1. The van der Waals surface area contributed by atoms with Gasteiger partial charge in [-0.2, -0.15) is 0 Å². The summed E-state index contributed by atoms with van der Waals surface area (Å²) >= 11 is 6.62. The third-order valence-corrected chi connectivity index (χ3v) is 7.31. The Balaban J connectivity index is 1.36. The Kier molecular flexibility index (Phi) is 6.33. The second kappa shape index (κ2) is 8.95. The summed E-state index contributed by atoms with van der Waals surface area (Å²) in [5, 5.41) is 0.750. The van der Waals surface area contributed by atoms with Crippen molar-refractivity contribution < 1.29 is 9.59 Å². The second-order valence-electron chi connectivity index (χ2n) is 8.78. The molecule has 3 fully saturated rings. The third kappa shape index (κ3) is 4.55. The van der Waals surface area contributed by atoms with Crippen LogP contribution < -0.4 is 4.90 Å². The van der Waals surface area contributed by atoms with Gasteiger partial charge in [0.1, 0.15) is 0 Å². The number of carbonyl (C=O) groups excluding carboxylic acids is 2. The standard InChI is InChI=1S/C23H32ClN3O2/c1-17(28)25-11-13-26(14-12-25)21-8-7-18(22(24)16-21)15-19-9-10-27(23(19)29)20-5-3-2-4-6-20/h7-8,16,19-20H,2-6,9-15H2,1H3. The number of amides is 2. The van der Waals surface area contributed by atoms with Crippen LogP contribution in [0.5, 0.6) is 0 Å². The van der Waals surface area contributed by atoms with Crippen LogP contribution in [0.3, 0.4) is 0 Å². The van der Waals surface area contributed by atoms with E-state index in [0.717, 1.165) is 61.8 Å². The molecule has 0 radical (unpaired) electrons. The highest BCUT2D eigenvalue weighted by Crippen LogP contribution is 2.32. The quantitative estimate of drug-likeness (QED) is 0.749. The molecule has 2 saturated heterocycles. The van der Waals surface area contributed by atoms with Gasteiger partial charge in [0, 0.05) is 62.3 Å². The predicted octanol–water partition coefficient (Wildman–Crippen LogP) is 3.73. The molecule has 2 amide bonds. The molecule has 2 heterocycles. The zero-order chi connectivity index (χ0) is 20.4. The Morgan fingerprint density at radius 2 is 1.76 bits per heavy atom. The average molecular weight is 418 g/mol. The Morgan fingerprint density at radius 3 is 2.41 bits per heavy atom. The van der Waals surface area contributed by atoms with Crippen LogP contribution in [0.25, 0.3) is 0 Å². The number of carbonyl (C=O) groups is 2. The van der Waals surface area contributed by atoms with Gasteiger partial charge in [0.15, 0.2) is 0 Å². The number of hydrogen-bond acceptors (Lipinski definition) is 3. The van der Waals surface area contributed by atoms with E-state index in [9.17, 15) is 9.59 Å². The summed E-state index contributed by atoms with van der Waals surface area (Å²) < 4.78 is 0. The zero-order valence-corrected chi connectivity index (χ0v) is 18.2. The Labute approximate surface area is 179 Å². The van der Waals surface area contributed by atoms with E-state index in [-0.39, 0.29) is 11.8 Å². The molecule has 4 rings (SSSR count). The molecule has 2 aliphatic heterocycles. The minimum absolute atomic E-state index is 0.0689. The van der Waals surface area contributed by atoms with Crippen LogP contribution >= 0.6 is 11.6 Å².